The number of hydrogen-bond acceptors (Lipinski definition) is 3. The minimum absolute atomic E-state index is 0.269. The predicted octanol–water partition coefficient (Wildman–Crippen LogP) is 3.55. The van der Waals surface area contributed by atoms with E-state index in [-0.39, 0.29) is 11.7 Å². The summed E-state index contributed by atoms with van der Waals surface area (Å²) < 4.78 is 5.19. The van der Waals surface area contributed by atoms with Crippen molar-refractivity contribution in [1.29, 1.82) is 0 Å². The Kier molecular flexibility index (Phi) is 3.93. The number of benzene rings is 1. The normalized spacial score (nSPS) is 13.0. The van der Waals surface area contributed by atoms with Crippen molar-refractivity contribution >= 4 is 16.8 Å². The van der Waals surface area contributed by atoms with Gasteiger partial charge in [-0.15, -0.1) is 0 Å². The lowest BCUT2D eigenvalue weighted by molar-refractivity contribution is -0.111. The number of carbonyl (C=O) groups is 1. The first-order chi connectivity index (χ1) is 10.2. The smallest absolute Gasteiger partial charge is 0.226 e. The number of nitrogens with zero attached hydrogens (tertiary/aromatic N) is 1. The molecule has 4 heteroatoms. The van der Waals surface area contributed by atoms with E-state index in [1.54, 1.807) is 13.3 Å². The van der Waals surface area contributed by atoms with Gasteiger partial charge in [0.25, 0.3) is 0 Å². The zero-order valence-electron chi connectivity index (χ0n) is 11.9. The molecule has 21 heavy (non-hydrogen) atoms. The first-order valence-corrected chi connectivity index (χ1v) is 7.39. The van der Waals surface area contributed by atoms with Gasteiger partial charge in [0.15, 0.2) is 0 Å². The average molecular weight is 302 g/mol. The summed E-state index contributed by atoms with van der Waals surface area (Å²) in [6.45, 7) is 0. The summed E-state index contributed by atoms with van der Waals surface area (Å²) >= 11 is 5.66. The molecule has 0 spiro atoms. The number of fused-ring (bicyclic) bond motifs is 1. The van der Waals surface area contributed by atoms with Gasteiger partial charge in [-0.25, -0.2) is 4.98 Å². The number of aryl methyl sites for hydroxylation is 1. The molecule has 0 radical (unpaired) electrons. The van der Waals surface area contributed by atoms with E-state index in [2.05, 4.69) is 17.1 Å². The Balaban J connectivity index is 2.15. The third kappa shape index (κ3) is 2.79. The van der Waals surface area contributed by atoms with Crippen LogP contribution in [0.15, 0.2) is 30.5 Å². The van der Waals surface area contributed by atoms with Gasteiger partial charge in [0, 0.05) is 18.7 Å². The summed E-state index contributed by atoms with van der Waals surface area (Å²) in [5, 5.41) is -0.322. The van der Waals surface area contributed by atoms with Gasteiger partial charge in [0.2, 0.25) is 11.1 Å². The van der Waals surface area contributed by atoms with Crippen molar-refractivity contribution in [1.82, 2.24) is 4.98 Å². The lowest BCUT2D eigenvalue weighted by Gasteiger charge is -2.14. The summed E-state index contributed by atoms with van der Waals surface area (Å²) in [5.74, 6) is 0.566. The van der Waals surface area contributed by atoms with Crippen LogP contribution in [0.3, 0.4) is 0 Å². The average Bonchev–Trinajstić information content (AvgIpc) is 2.96. The van der Waals surface area contributed by atoms with Crippen molar-refractivity contribution in [2.75, 3.05) is 7.11 Å². The largest absolute Gasteiger partial charge is 0.481 e. The van der Waals surface area contributed by atoms with Crippen LogP contribution in [0.1, 0.15) is 23.1 Å². The van der Waals surface area contributed by atoms with E-state index in [4.69, 9.17) is 16.3 Å². The summed E-state index contributed by atoms with van der Waals surface area (Å²) in [7, 11) is 1.60. The van der Waals surface area contributed by atoms with Crippen molar-refractivity contribution in [3.63, 3.8) is 0 Å². The number of pyridine rings is 1. The van der Waals surface area contributed by atoms with Crippen molar-refractivity contribution in [3.05, 3.63) is 47.2 Å². The second-order valence-corrected chi connectivity index (χ2v) is 5.62. The monoisotopic (exact) mass is 301 g/mol. The second-order valence-electron chi connectivity index (χ2n) is 5.20. The molecule has 0 fully saturated rings. The molecule has 3 nitrogen and oxygen atoms in total. The number of hydrogen-bond donors (Lipinski definition) is 0. The highest BCUT2D eigenvalue weighted by Crippen LogP contribution is 2.34. The van der Waals surface area contributed by atoms with Gasteiger partial charge in [-0.1, -0.05) is 12.1 Å². The van der Waals surface area contributed by atoms with E-state index in [1.165, 1.54) is 11.1 Å². The second kappa shape index (κ2) is 5.86. The Labute approximate surface area is 128 Å². The van der Waals surface area contributed by atoms with E-state index in [0.717, 1.165) is 36.0 Å². The fourth-order valence-corrected chi connectivity index (χ4v) is 3.18. The maximum atomic E-state index is 11.4. The molecule has 2 aromatic rings. The number of halogens is 1. The van der Waals surface area contributed by atoms with Crippen LogP contribution in [-0.2, 0) is 24.1 Å². The van der Waals surface area contributed by atoms with Crippen LogP contribution in [0, 0.1) is 0 Å². The van der Waals surface area contributed by atoms with E-state index in [9.17, 15) is 4.79 Å². The van der Waals surface area contributed by atoms with Gasteiger partial charge < -0.3 is 4.74 Å². The van der Waals surface area contributed by atoms with Gasteiger partial charge in [0.1, 0.15) is 0 Å². The molecule has 108 valence electrons. The van der Waals surface area contributed by atoms with Crippen LogP contribution in [0.4, 0.5) is 0 Å². The van der Waals surface area contributed by atoms with Gasteiger partial charge in [-0.2, -0.15) is 0 Å². The fourth-order valence-electron chi connectivity index (χ4n) is 3.04. The number of aromatic nitrogens is 1. The van der Waals surface area contributed by atoms with Crippen LogP contribution >= 0.6 is 11.6 Å². The minimum atomic E-state index is -0.322. The Bertz CT molecular complexity index is 697. The Morgan fingerprint density at radius 2 is 2.19 bits per heavy atom. The zero-order valence-corrected chi connectivity index (χ0v) is 12.6. The summed E-state index contributed by atoms with van der Waals surface area (Å²) in [4.78, 5) is 15.6. The highest BCUT2D eigenvalue weighted by molar-refractivity contribution is 6.63. The summed E-state index contributed by atoms with van der Waals surface area (Å²) in [6.07, 6.45) is 5.23. The first kappa shape index (κ1) is 14.1. The number of ether oxygens (including phenoxy) is 1. The fraction of sp³-hybridized carbons (Fsp3) is 0.294. The van der Waals surface area contributed by atoms with Crippen LogP contribution in [-0.4, -0.2) is 17.3 Å². The molecule has 0 saturated heterocycles. The molecule has 1 aromatic carbocycles. The lowest BCUT2D eigenvalue weighted by Crippen LogP contribution is -2.02. The molecule has 0 N–H and O–H groups in total. The molecular formula is C17H16ClNO2. The quantitative estimate of drug-likeness (QED) is 0.811. The Hall–Kier alpha value is -1.87. The summed E-state index contributed by atoms with van der Waals surface area (Å²) in [5.41, 5.74) is 5.73. The molecule has 1 aliphatic rings. The Morgan fingerprint density at radius 3 is 2.95 bits per heavy atom. The SMILES string of the molecule is COc1cc(-c2ccc3c(c2CC(=O)Cl)CCC3)ccn1. The van der Waals surface area contributed by atoms with Crippen molar-refractivity contribution in [2.24, 2.45) is 0 Å². The molecule has 1 aromatic heterocycles. The highest BCUT2D eigenvalue weighted by Gasteiger charge is 2.20. The molecule has 1 aliphatic carbocycles. The molecule has 0 saturated carbocycles. The third-order valence-electron chi connectivity index (χ3n) is 3.97. The molecule has 0 unspecified atom stereocenters. The van der Waals surface area contributed by atoms with Crippen molar-refractivity contribution < 1.29 is 9.53 Å². The predicted molar refractivity (Wildman–Crippen MR) is 82.8 cm³/mol. The van der Waals surface area contributed by atoms with E-state index >= 15 is 0 Å². The van der Waals surface area contributed by atoms with Crippen LogP contribution in [0.25, 0.3) is 11.1 Å². The topological polar surface area (TPSA) is 39.2 Å². The summed E-state index contributed by atoms with van der Waals surface area (Å²) in [6, 6.07) is 8.06. The maximum absolute atomic E-state index is 11.4. The standard InChI is InChI=1S/C17H16ClNO2/c1-21-17-9-12(7-8-19-17)14-6-5-11-3-2-4-13(11)15(14)10-16(18)20/h5-9H,2-4,10H2,1H3. The molecular weight excluding hydrogens is 286 g/mol. The first-order valence-electron chi connectivity index (χ1n) is 7.01. The van der Waals surface area contributed by atoms with Crippen LogP contribution < -0.4 is 4.74 Å². The molecule has 0 amide bonds. The highest BCUT2D eigenvalue weighted by atomic mass is 35.5. The molecule has 0 aliphatic heterocycles. The minimum Gasteiger partial charge on any atom is -0.481 e. The van der Waals surface area contributed by atoms with Gasteiger partial charge in [-0.05, 0) is 64.7 Å². The molecule has 1 heterocycles. The van der Waals surface area contributed by atoms with E-state index in [0.29, 0.717) is 5.88 Å². The van der Waals surface area contributed by atoms with Gasteiger partial charge in [0.05, 0.1) is 7.11 Å². The third-order valence-corrected chi connectivity index (χ3v) is 4.11. The number of carbonyl (C=O) groups excluding carboxylic acids is 1. The van der Waals surface area contributed by atoms with Crippen molar-refractivity contribution in [3.8, 4) is 17.0 Å². The number of rotatable bonds is 4. The van der Waals surface area contributed by atoms with E-state index in [1.807, 2.05) is 12.1 Å². The van der Waals surface area contributed by atoms with Gasteiger partial charge in [-0.3, -0.25) is 4.79 Å². The number of methoxy groups -OCH3 is 1. The molecule has 3 rings (SSSR count). The maximum Gasteiger partial charge on any atom is 0.226 e. The Morgan fingerprint density at radius 1 is 1.33 bits per heavy atom. The lowest BCUT2D eigenvalue weighted by atomic mass is 9.92. The van der Waals surface area contributed by atoms with Crippen LogP contribution in [0.5, 0.6) is 5.88 Å². The molecule has 0 atom stereocenters. The van der Waals surface area contributed by atoms with Crippen LogP contribution in [0.2, 0.25) is 0 Å². The zero-order chi connectivity index (χ0) is 14.8. The van der Waals surface area contributed by atoms with E-state index < -0.39 is 0 Å². The molecule has 0 bridgehead atoms. The van der Waals surface area contributed by atoms with Gasteiger partial charge >= 0.3 is 0 Å². The van der Waals surface area contributed by atoms with Crippen molar-refractivity contribution in [2.45, 2.75) is 25.7 Å².